The standard InChI is InChI=1S/C14H21BrClN/c1-4-17-14(8-5-10(2)3)12-7-6-11(15)9-13(12)16/h6-7,9-10,14,17H,4-5,8H2,1-3H3. The van der Waals surface area contributed by atoms with E-state index in [9.17, 15) is 0 Å². The SMILES string of the molecule is CCNC(CCC(C)C)c1ccc(Br)cc1Cl. The Balaban J connectivity index is 2.81. The van der Waals surface area contributed by atoms with Gasteiger partial charge in [0.25, 0.3) is 0 Å². The Kier molecular flexibility index (Phi) is 6.53. The normalized spacial score (nSPS) is 13.1. The first-order valence-electron chi connectivity index (χ1n) is 6.23. The molecule has 1 nitrogen and oxygen atoms in total. The van der Waals surface area contributed by atoms with E-state index in [1.807, 2.05) is 6.07 Å². The monoisotopic (exact) mass is 317 g/mol. The van der Waals surface area contributed by atoms with Crippen molar-refractivity contribution in [3.63, 3.8) is 0 Å². The van der Waals surface area contributed by atoms with Crippen LogP contribution < -0.4 is 5.32 Å². The lowest BCUT2D eigenvalue weighted by atomic mass is 9.97. The summed E-state index contributed by atoms with van der Waals surface area (Å²) in [4.78, 5) is 0. The van der Waals surface area contributed by atoms with Crippen molar-refractivity contribution in [1.29, 1.82) is 0 Å². The second-order valence-electron chi connectivity index (χ2n) is 4.75. The quantitative estimate of drug-likeness (QED) is 0.761. The van der Waals surface area contributed by atoms with E-state index in [-0.39, 0.29) is 0 Å². The number of benzene rings is 1. The van der Waals surface area contributed by atoms with E-state index in [0.717, 1.165) is 28.4 Å². The maximum Gasteiger partial charge on any atom is 0.0465 e. The first-order valence-corrected chi connectivity index (χ1v) is 7.40. The Morgan fingerprint density at radius 1 is 1.29 bits per heavy atom. The second-order valence-corrected chi connectivity index (χ2v) is 6.07. The van der Waals surface area contributed by atoms with Gasteiger partial charge in [0, 0.05) is 15.5 Å². The largest absolute Gasteiger partial charge is 0.310 e. The minimum Gasteiger partial charge on any atom is -0.310 e. The molecule has 0 heterocycles. The molecule has 0 aliphatic carbocycles. The maximum atomic E-state index is 6.31. The highest BCUT2D eigenvalue weighted by Gasteiger charge is 2.14. The second kappa shape index (κ2) is 7.40. The minimum absolute atomic E-state index is 0.364. The molecular weight excluding hydrogens is 298 g/mol. The number of halogens is 2. The molecule has 0 aromatic heterocycles. The molecule has 1 unspecified atom stereocenters. The van der Waals surface area contributed by atoms with Crippen molar-refractivity contribution in [2.45, 2.75) is 39.7 Å². The molecule has 0 amide bonds. The first-order chi connectivity index (χ1) is 8.04. The van der Waals surface area contributed by atoms with Crippen LogP contribution in [0.2, 0.25) is 5.02 Å². The molecule has 0 bridgehead atoms. The van der Waals surface area contributed by atoms with Gasteiger partial charge in [-0.2, -0.15) is 0 Å². The van der Waals surface area contributed by atoms with Gasteiger partial charge in [-0.1, -0.05) is 54.4 Å². The Bertz CT molecular complexity index is 352. The molecule has 0 saturated heterocycles. The molecule has 1 aromatic carbocycles. The Morgan fingerprint density at radius 3 is 2.53 bits per heavy atom. The zero-order chi connectivity index (χ0) is 12.8. The summed E-state index contributed by atoms with van der Waals surface area (Å²) in [6.07, 6.45) is 2.34. The highest BCUT2D eigenvalue weighted by molar-refractivity contribution is 9.10. The van der Waals surface area contributed by atoms with E-state index in [2.05, 4.69) is 54.2 Å². The van der Waals surface area contributed by atoms with Crippen molar-refractivity contribution in [2.24, 2.45) is 5.92 Å². The topological polar surface area (TPSA) is 12.0 Å². The van der Waals surface area contributed by atoms with Gasteiger partial charge in [-0.25, -0.2) is 0 Å². The molecule has 0 fully saturated rings. The average molecular weight is 319 g/mol. The summed E-state index contributed by atoms with van der Waals surface area (Å²) in [5.41, 5.74) is 1.21. The number of hydrogen-bond acceptors (Lipinski definition) is 1. The van der Waals surface area contributed by atoms with Crippen LogP contribution in [-0.2, 0) is 0 Å². The van der Waals surface area contributed by atoms with E-state index in [4.69, 9.17) is 11.6 Å². The van der Waals surface area contributed by atoms with Crippen LogP contribution in [0.25, 0.3) is 0 Å². The zero-order valence-electron chi connectivity index (χ0n) is 10.8. The Morgan fingerprint density at radius 2 is 2.00 bits per heavy atom. The van der Waals surface area contributed by atoms with Crippen LogP contribution in [0, 0.1) is 5.92 Å². The summed E-state index contributed by atoms with van der Waals surface area (Å²) in [5, 5.41) is 4.36. The molecule has 96 valence electrons. The predicted octanol–water partition coefficient (Wildman–Crippen LogP) is 5.19. The molecule has 17 heavy (non-hydrogen) atoms. The third kappa shape index (κ3) is 4.99. The van der Waals surface area contributed by atoms with Crippen molar-refractivity contribution < 1.29 is 0 Å². The van der Waals surface area contributed by atoms with Crippen molar-refractivity contribution in [2.75, 3.05) is 6.54 Å². The van der Waals surface area contributed by atoms with Crippen LogP contribution in [0.5, 0.6) is 0 Å². The third-order valence-corrected chi connectivity index (χ3v) is 3.64. The molecule has 0 aliphatic heterocycles. The fraction of sp³-hybridized carbons (Fsp3) is 0.571. The highest BCUT2D eigenvalue weighted by Crippen LogP contribution is 2.29. The molecule has 1 atom stereocenters. The van der Waals surface area contributed by atoms with Crippen LogP contribution in [0.15, 0.2) is 22.7 Å². The van der Waals surface area contributed by atoms with Crippen LogP contribution in [-0.4, -0.2) is 6.54 Å². The zero-order valence-corrected chi connectivity index (χ0v) is 13.1. The Labute approximate surface area is 118 Å². The van der Waals surface area contributed by atoms with Crippen LogP contribution in [0.1, 0.15) is 45.2 Å². The third-order valence-electron chi connectivity index (χ3n) is 2.82. The summed E-state index contributed by atoms with van der Waals surface area (Å²) in [6, 6.07) is 6.50. The molecule has 0 aliphatic rings. The molecule has 3 heteroatoms. The van der Waals surface area contributed by atoms with Gasteiger partial charge in [0.15, 0.2) is 0 Å². The lowest BCUT2D eigenvalue weighted by Crippen LogP contribution is -2.21. The fourth-order valence-electron chi connectivity index (χ4n) is 1.90. The molecule has 0 radical (unpaired) electrons. The van der Waals surface area contributed by atoms with Crippen molar-refractivity contribution >= 4 is 27.5 Å². The number of rotatable bonds is 6. The van der Waals surface area contributed by atoms with E-state index in [1.165, 1.54) is 12.0 Å². The minimum atomic E-state index is 0.364. The fourth-order valence-corrected chi connectivity index (χ4v) is 2.70. The average Bonchev–Trinajstić information content (AvgIpc) is 2.24. The van der Waals surface area contributed by atoms with E-state index < -0.39 is 0 Å². The van der Waals surface area contributed by atoms with Gasteiger partial charge >= 0.3 is 0 Å². The Hall–Kier alpha value is -0.0500. The molecule has 1 rings (SSSR count). The summed E-state index contributed by atoms with van der Waals surface area (Å²) >= 11 is 9.75. The predicted molar refractivity (Wildman–Crippen MR) is 79.6 cm³/mol. The van der Waals surface area contributed by atoms with E-state index in [0.29, 0.717) is 6.04 Å². The summed E-state index contributed by atoms with van der Waals surface area (Å²) in [7, 11) is 0. The van der Waals surface area contributed by atoms with Gasteiger partial charge in [-0.05, 0) is 43.0 Å². The maximum absolute atomic E-state index is 6.31. The van der Waals surface area contributed by atoms with Crippen LogP contribution >= 0.6 is 27.5 Å². The molecule has 0 saturated carbocycles. The smallest absolute Gasteiger partial charge is 0.0465 e. The van der Waals surface area contributed by atoms with Gasteiger partial charge < -0.3 is 5.32 Å². The van der Waals surface area contributed by atoms with Crippen molar-refractivity contribution in [1.82, 2.24) is 5.32 Å². The summed E-state index contributed by atoms with van der Waals surface area (Å²) < 4.78 is 1.03. The summed E-state index contributed by atoms with van der Waals surface area (Å²) in [5.74, 6) is 0.727. The molecular formula is C14H21BrClN. The summed E-state index contributed by atoms with van der Waals surface area (Å²) in [6.45, 7) is 7.61. The first kappa shape index (κ1) is 15.0. The van der Waals surface area contributed by atoms with E-state index >= 15 is 0 Å². The number of nitrogens with one attached hydrogen (secondary N) is 1. The van der Waals surface area contributed by atoms with Gasteiger partial charge in [-0.15, -0.1) is 0 Å². The van der Waals surface area contributed by atoms with Crippen LogP contribution in [0.3, 0.4) is 0 Å². The van der Waals surface area contributed by atoms with E-state index in [1.54, 1.807) is 0 Å². The molecule has 1 N–H and O–H groups in total. The van der Waals surface area contributed by atoms with Crippen LogP contribution in [0.4, 0.5) is 0 Å². The number of hydrogen-bond donors (Lipinski definition) is 1. The molecule has 1 aromatic rings. The lowest BCUT2D eigenvalue weighted by Gasteiger charge is -2.20. The van der Waals surface area contributed by atoms with Crippen molar-refractivity contribution in [3.05, 3.63) is 33.3 Å². The van der Waals surface area contributed by atoms with Crippen molar-refractivity contribution in [3.8, 4) is 0 Å². The van der Waals surface area contributed by atoms with Gasteiger partial charge in [0.05, 0.1) is 0 Å². The molecule has 0 spiro atoms. The van der Waals surface area contributed by atoms with Gasteiger partial charge in [-0.3, -0.25) is 0 Å². The highest BCUT2D eigenvalue weighted by atomic mass is 79.9. The van der Waals surface area contributed by atoms with Gasteiger partial charge in [0.2, 0.25) is 0 Å². The van der Waals surface area contributed by atoms with Gasteiger partial charge in [0.1, 0.15) is 0 Å². The lowest BCUT2D eigenvalue weighted by molar-refractivity contribution is 0.448.